The van der Waals surface area contributed by atoms with Gasteiger partial charge in [0.15, 0.2) is 0 Å². The van der Waals surface area contributed by atoms with Gasteiger partial charge in [-0.3, -0.25) is 0 Å². The molecule has 0 amide bonds. The van der Waals surface area contributed by atoms with Crippen molar-refractivity contribution in [2.75, 3.05) is 92.5 Å². The van der Waals surface area contributed by atoms with E-state index < -0.39 is 0 Å². The average molecular weight is 709 g/mol. The summed E-state index contributed by atoms with van der Waals surface area (Å²) in [6.07, 6.45) is 3.43. The Labute approximate surface area is 305 Å². The minimum atomic E-state index is 0.450. The van der Waals surface area contributed by atoms with Crippen molar-refractivity contribution in [1.82, 2.24) is 9.97 Å². The summed E-state index contributed by atoms with van der Waals surface area (Å²) in [5, 5.41) is 2.06. The van der Waals surface area contributed by atoms with Gasteiger partial charge in [-0.1, -0.05) is 36.4 Å². The van der Waals surface area contributed by atoms with E-state index in [4.69, 9.17) is 47.9 Å². The molecule has 2 aromatic heterocycles. The van der Waals surface area contributed by atoms with E-state index in [-0.39, 0.29) is 0 Å². The normalized spacial score (nSPS) is 11.2. The topological polar surface area (TPSA) is 99.6 Å². The Morgan fingerprint density at radius 3 is 1.08 bits per heavy atom. The van der Waals surface area contributed by atoms with Crippen LogP contribution in [0.3, 0.4) is 0 Å². The van der Waals surface area contributed by atoms with Crippen LogP contribution in [0.4, 0.5) is 0 Å². The van der Waals surface area contributed by atoms with Crippen LogP contribution in [0.25, 0.3) is 44.3 Å². The van der Waals surface area contributed by atoms with Crippen molar-refractivity contribution in [3.8, 4) is 34.0 Å². The second-order valence-corrected chi connectivity index (χ2v) is 11.5. The maximum atomic E-state index is 5.86. The molecule has 0 unspecified atom stereocenters. The van der Waals surface area contributed by atoms with Crippen molar-refractivity contribution in [3.05, 3.63) is 110 Å². The Hall–Kier alpha value is -4.68. The zero-order chi connectivity index (χ0) is 36.1. The number of fused-ring (bicyclic) bond motifs is 3. The summed E-state index contributed by atoms with van der Waals surface area (Å²) >= 11 is 0. The van der Waals surface area contributed by atoms with E-state index in [0.29, 0.717) is 92.5 Å². The summed E-state index contributed by atoms with van der Waals surface area (Å²) in [5.74, 6) is 1.54. The highest BCUT2D eigenvalue weighted by Gasteiger charge is 2.10. The van der Waals surface area contributed by atoms with Gasteiger partial charge in [0.1, 0.15) is 24.7 Å². The van der Waals surface area contributed by atoms with Crippen LogP contribution in [-0.4, -0.2) is 102 Å². The standard InChI is InChI=1S/C42H48N2O8/c1-3-19-45-21-23-47-25-27-49-29-31-51-37-13-7-33(8-14-37)39-17-11-35-5-6-36-12-18-40(44-42(36)41(35)43-39)34-9-15-38(16-10-34)52-32-30-50-28-26-48-24-22-46-20-4-2/h3-18H,1-2,19-32H2. The van der Waals surface area contributed by atoms with E-state index >= 15 is 0 Å². The van der Waals surface area contributed by atoms with Crippen molar-refractivity contribution in [3.63, 3.8) is 0 Å². The van der Waals surface area contributed by atoms with Crippen molar-refractivity contribution in [2.45, 2.75) is 0 Å². The number of ether oxygens (including phenoxy) is 8. The molecule has 0 saturated heterocycles. The molecule has 0 radical (unpaired) electrons. The molecule has 0 saturated carbocycles. The van der Waals surface area contributed by atoms with Gasteiger partial charge in [0, 0.05) is 21.9 Å². The fourth-order valence-corrected chi connectivity index (χ4v) is 5.18. The predicted molar refractivity (Wildman–Crippen MR) is 204 cm³/mol. The third kappa shape index (κ3) is 12.5. The Bertz CT molecular complexity index is 1660. The van der Waals surface area contributed by atoms with Crippen LogP contribution in [0.15, 0.2) is 110 Å². The van der Waals surface area contributed by atoms with Gasteiger partial charge >= 0.3 is 0 Å². The maximum absolute atomic E-state index is 5.86. The first kappa shape index (κ1) is 38.5. The smallest absolute Gasteiger partial charge is 0.119 e. The maximum Gasteiger partial charge on any atom is 0.119 e. The molecule has 52 heavy (non-hydrogen) atoms. The largest absolute Gasteiger partial charge is 0.491 e. The van der Waals surface area contributed by atoms with Gasteiger partial charge in [0.25, 0.3) is 0 Å². The van der Waals surface area contributed by atoms with Gasteiger partial charge < -0.3 is 37.9 Å². The Morgan fingerprint density at radius 1 is 0.385 bits per heavy atom. The summed E-state index contributed by atoms with van der Waals surface area (Å²) < 4.78 is 44.4. The second-order valence-electron chi connectivity index (χ2n) is 11.5. The fourth-order valence-electron chi connectivity index (χ4n) is 5.18. The van der Waals surface area contributed by atoms with E-state index in [1.807, 2.05) is 60.7 Å². The highest BCUT2D eigenvalue weighted by Crippen LogP contribution is 2.30. The Balaban J connectivity index is 1.10. The molecule has 5 aromatic rings. The minimum absolute atomic E-state index is 0.450. The van der Waals surface area contributed by atoms with Crippen LogP contribution in [0.2, 0.25) is 0 Å². The zero-order valence-corrected chi connectivity index (χ0v) is 29.7. The fraction of sp³-hybridized carbons (Fsp3) is 0.333. The van der Waals surface area contributed by atoms with Crippen molar-refractivity contribution < 1.29 is 37.9 Å². The van der Waals surface area contributed by atoms with Crippen LogP contribution >= 0.6 is 0 Å². The Morgan fingerprint density at radius 2 is 0.712 bits per heavy atom. The van der Waals surface area contributed by atoms with Crippen LogP contribution in [-0.2, 0) is 28.4 Å². The lowest BCUT2D eigenvalue weighted by Crippen LogP contribution is -2.12. The zero-order valence-electron chi connectivity index (χ0n) is 29.7. The molecule has 0 fully saturated rings. The van der Waals surface area contributed by atoms with Gasteiger partial charge in [-0.15, -0.1) is 13.2 Å². The number of aromatic nitrogens is 2. The summed E-state index contributed by atoms with van der Waals surface area (Å²) in [6, 6.07) is 28.3. The number of benzene rings is 3. The SMILES string of the molecule is C=CCOCCOCCOCCOc1ccc(-c2ccc3ccc4ccc(-c5ccc(OCCOCCOCCOCC=C)cc5)nc4c3n2)cc1. The van der Waals surface area contributed by atoms with Crippen molar-refractivity contribution in [1.29, 1.82) is 0 Å². The number of rotatable bonds is 26. The second kappa shape index (κ2) is 22.3. The molecule has 2 heterocycles. The first-order valence-electron chi connectivity index (χ1n) is 17.6. The lowest BCUT2D eigenvalue weighted by Gasteiger charge is -2.10. The molecule has 0 N–H and O–H groups in total. The van der Waals surface area contributed by atoms with Gasteiger partial charge in [0.2, 0.25) is 0 Å². The lowest BCUT2D eigenvalue weighted by atomic mass is 10.1. The Kier molecular flexibility index (Phi) is 16.5. The van der Waals surface area contributed by atoms with Gasteiger partial charge in [0.05, 0.1) is 102 Å². The molecule has 0 aliphatic rings. The average Bonchev–Trinajstić information content (AvgIpc) is 3.19. The molecular weight excluding hydrogens is 660 g/mol. The lowest BCUT2D eigenvalue weighted by molar-refractivity contribution is 0.0135. The number of hydrogen-bond donors (Lipinski definition) is 0. The van der Waals surface area contributed by atoms with Crippen molar-refractivity contribution in [2.24, 2.45) is 0 Å². The number of hydrogen-bond acceptors (Lipinski definition) is 10. The van der Waals surface area contributed by atoms with E-state index in [1.165, 1.54) is 0 Å². The summed E-state index contributed by atoms with van der Waals surface area (Å²) in [4.78, 5) is 10.1. The molecule has 3 aromatic carbocycles. The van der Waals surface area contributed by atoms with E-state index in [9.17, 15) is 0 Å². The molecule has 0 atom stereocenters. The summed E-state index contributed by atoms with van der Waals surface area (Å²) in [6.45, 7) is 14.4. The number of nitrogens with zero attached hydrogens (tertiary/aromatic N) is 2. The van der Waals surface area contributed by atoms with E-state index in [0.717, 1.165) is 55.8 Å². The van der Waals surface area contributed by atoms with E-state index in [1.54, 1.807) is 12.2 Å². The van der Waals surface area contributed by atoms with Crippen LogP contribution < -0.4 is 9.47 Å². The molecular formula is C42H48N2O8. The van der Waals surface area contributed by atoms with Crippen LogP contribution in [0, 0.1) is 0 Å². The third-order valence-electron chi connectivity index (χ3n) is 7.77. The van der Waals surface area contributed by atoms with Gasteiger partial charge in [-0.05, 0) is 60.7 Å². The molecule has 10 heteroatoms. The molecule has 0 aliphatic carbocycles. The number of pyridine rings is 2. The first-order chi connectivity index (χ1) is 25.7. The highest BCUT2D eigenvalue weighted by atomic mass is 16.6. The third-order valence-corrected chi connectivity index (χ3v) is 7.77. The molecule has 0 spiro atoms. The minimum Gasteiger partial charge on any atom is -0.491 e. The molecule has 0 aliphatic heterocycles. The van der Waals surface area contributed by atoms with Crippen LogP contribution in [0.1, 0.15) is 0 Å². The monoisotopic (exact) mass is 708 g/mol. The quantitative estimate of drug-likeness (QED) is 0.0330. The highest BCUT2D eigenvalue weighted by molar-refractivity contribution is 6.04. The molecule has 274 valence electrons. The summed E-state index contributed by atoms with van der Waals surface area (Å²) in [7, 11) is 0. The van der Waals surface area contributed by atoms with Gasteiger partial charge in [-0.25, -0.2) is 9.97 Å². The summed E-state index contributed by atoms with van der Waals surface area (Å²) in [5.41, 5.74) is 5.43. The molecule has 5 rings (SSSR count). The molecule has 10 nitrogen and oxygen atoms in total. The van der Waals surface area contributed by atoms with Crippen molar-refractivity contribution >= 4 is 21.8 Å². The first-order valence-corrected chi connectivity index (χ1v) is 17.6. The molecule has 0 bridgehead atoms. The van der Waals surface area contributed by atoms with E-state index in [2.05, 4.69) is 37.4 Å². The van der Waals surface area contributed by atoms with Gasteiger partial charge in [-0.2, -0.15) is 0 Å². The predicted octanol–water partition coefficient (Wildman–Crippen LogP) is 7.35. The van der Waals surface area contributed by atoms with Crippen LogP contribution in [0.5, 0.6) is 11.5 Å².